The molecule has 0 spiro atoms. The summed E-state index contributed by atoms with van der Waals surface area (Å²) < 4.78 is 31.2. The minimum absolute atomic E-state index is 0.0227. The van der Waals surface area contributed by atoms with Gasteiger partial charge in [-0.1, -0.05) is 27.7 Å². The monoisotopic (exact) mass is 436 g/mol. The first-order valence-corrected chi connectivity index (χ1v) is 12.1. The smallest absolute Gasteiger partial charge is 0.246 e. The van der Waals surface area contributed by atoms with Crippen LogP contribution in [0.25, 0.3) is 0 Å². The van der Waals surface area contributed by atoms with E-state index in [0.29, 0.717) is 36.0 Å². The van der Waals surface area contributed by atoms with Gasteiger partial charge >= 0.3 is 0 Å². The summed E-state index contributed by atoms with van der Waals surface area (Å²) in [5.74, 6) is 0.530. The fraction of sp³-hybridized carbons (Fsp3) is 0.636. The normalized spacial score (nSPS) is 12.3. The van der Waals surface area contributed by atoms with E-state index in [0.717, 1.165) is 24.4 Å². The lowest BCUT2D eigenvalue weighted by molar-refractivity contribution is 0.0966. The van der Waals surface area contributed by atoms with Gasteiger partial charge in [0.05, 0.1) is 11.4 Å². The molecule has 0 fully saturated rings. The molecule has 30 heavy (non-hydrogen) atoms. The van der Waals surface area contributed by atoms with E-state index in [1.165, 1.54) is 8.99 Å². The molecule has 0 amide bonds. The Balaban J connectivity index is 2.35. The van der Waals surface area contributed by atoms with E-state index in [1.807, 2.05) is 33.8 Å². The van der Waals surface area contributed by atoms with Gasteiger partial charge in [0.2, 0.25) is 10.0 Å². The average Bonchev–Trinajstić information content (AvgIpc) is 3.09. The summed E-state index contributed by atoms with van der Waals surface area (Å²) in [5.41, 5.74) is 3.62. The maximum absolute atomic E-state index is 13.1. The molecule has 2 rings (SSSR count). The summed E-state index contributed by atoms with van der Waals surface area (Å²) in [6, 6.07) is 1.93. The molecule has 2 heterocycles. The molecule has 0 unspecified atom stereocenters. The van der Waals surface area contributed by atoms with Crippen LogP contribution < -0.4 is 0 Å². The van der Waals surface area contributed by atoms with Crippen LogP contribution in [0.2, 0.25) is 0 Å². The molecule has 8 heteroatoms. The number of nitrogens with zero attached hydrogens (tertiary/aromatic N) is 4. The molecule has 7 nitrogen and oxygen atoms in total. The number of Topliss-reactive ketones (excluding diaryl/α,β-unsaturated/α-hetero) is 1. The summed E-state index contributed by atoms with van der Waals surface area (Å²) >= 11 is 0. The molecule has 0 saturated carbocycles. The molecular formula is C22H36N4O3S. The zero-order valence-corrected chi connectivity index (χ0v) is 20.4. The molecule has 0 N–H and O–H groups in total. The predicted molar refractivity (Wildman–Crippen MR) is 119 cm³/mol. The van der Waals surface area contributed by atoms with Gasteiger partial charge in [-0.15, -0.1) is 0 Å². The SMILES string of the molecule is CCN(CC)S(=O)(=O)c1c(C)nn(CC(=O)c2cc(C)n(CCC(C)C)c2C)c1C. The van der Waals surface area contributed by atoms with Crippen LogP contribution in [0.15, 0.2) is 11.0 Å². The maximum Gasteiger partial charge on any atom is 0.246 e. The van der Waals surface area contributed by atoms with Gasteiger partial charge in [0.25, 0.3) is 0 Å². The van der Waals surface area contributed by atoms with Crippen molar-refractivity contribution in [2.45, 2.75) is 79.8 Å². The van der Waals surface area contributed by atoms with Gasteiger partial charge in [-0.2, -0.15) is 9.40 Å². The van der Waals surface area contributed by atoms with Crippen LogP contribution in [-0.2, 0) is 23.1 Å². The van der Waals surface area contributed by atoms with Gasteiger partial charge in [0.15, 0.2) is 5.78 Å². The Morgan fingerprint density at radius 2 is 1.70 bits per heavy atom. The molecule has 2 aromatic heterocycles. The molecule has 0 radical (unpaired) electrons. The summed E-state index contributed by atoms with van der Waals surface area (Å²) in [4.78, 5) is 13.3. The fourth-order valence-corrected chi connectivity index (χ4v) is 5.77. The van der Waals surface area contributed by atoms with Gasteiger partial charge < -0.3 is 4.57 Å². The molecule has 0 aromatic carbocycles. The second kappa shape index (κ2) is 9.47. The van der Waals surface area contributed by atoms with Crippen LogP contribution in [0, 0.1) is 33.6 Å². The van der Waals surface area contributed by atoms with Crippen molar-refractivity contribution in [2.24, 2.45) is 5.92 Å². The second-order valence-corrected chi connectivity index (χ2v) is 10.2. The van der Waals surface area contributed by atoms with Crippen LogP contribution in [0.3, 0.4) is 0 Å². The van der Waals surface area contributed by atoms with Crippen molar-refractivity contribution in [3.05, 3.63) is 34.4 Å². The lowest BCUT2D eigenvalue weighted by atomic mass is 10.1. The van der Waals surface area contributed by atoms with Gasteiger partial charge in [-0.25, -0.2) is 8.42 Å². The molecule has 0 bridgehead atoms. The third kappa shape index (κ3) is 4.70. The molecule has 0 saturated heterocycles. The van der Waals surface area contributed by atoms with Crippen molar-refractivity contribution in [3.63, 3.8) is 0 Å². The highest BCUT2D eigenvalue weighted by Crippen LogP contribution is 2.24. The van der Waals surface area contributed by atoms with Crippen molar-refractivity contribution in [3.8, 4) is 0 Å². The topological polar surface area (TPSA) is 77.2 Å². The zero-order valence-electron chi connectivity index (χ0n) is 19.6. The number of rotatable bonds is 10. The molecule has 0 aliphatic rings. The highest BCUT2D eigenvalue weighted by atomic mass is 32.2. The maximum atomic E-state index is 13.1. The standard InChI is InChI=1S/C22H36N4O3S/c1-9-24(10-2)30(28,29)22-17(6)23-26(19(22)8)14-21(27)20-13-16(5)25(18(20)7)12-11-15(3)4/h13,15H,9-12,14H2,1-8H3. The van der Waals surface area contributed by atoms with Crippen molar-refractivity contribution in [1.82, 2.24) is 18.7 Å². The molecule has 168 valence electrons. The van der Waals surface area contributed by atoms with Crippen LogP contribution >= 0.6 is 0 Å². The van der Waals surface area contributed by atoms with E-state index >= 15 is 0 Å². The third-order valence-corrected chi connectivity index (χ3v) is 8.02. The van der Waals surface area contributed by atoms with Crippen LogP contribution in [0.5, 0.6) is 0 Å². The first-order valence-electron chi connectivity index (χ1n) is 10.7. The highest BCUT2D eigenvalue weighted by molar-refractivity contribution is 7.89. The number of sulfonamides is 1. The average molecular weight is 437 g/mol. The Bertz CT molecular complexity index is 1010. The fourth-order valence-electron chi connectivity index (χ4n) is 3.94. The summed E-state index contributed by atoms with van der Waals surface area (Å²) in [6.45, 7) is 17.1. The van der Waals surface area contributed by atoms with E-state index in [2.05, 4.69) is 23.5 Å². The van der Waals surface area contributed by atoms with E-state index in [9.17, 15) is 13.2 Å². The van der Waals surface area contributed by atoms with Gasteiger partial charge in [0, 0.05) is 36.6 Å². The van der Waals surface area contributed by atoms with Crippen LogP contribution in [0.4, 0.5) is 0 Å². The number of aryl methyl sites for hydroxylation is 2. The minimum Gasteiger partial charge on any atom is -0.348 e. The van der Waals surface area contributed by atoms with Gasteiger partial charge in [0.1, 0.15) is 11.4 Å². The Hall–Kier alpha value is -1.93. The van der Waals surface area contributed by atoms with E-state index in [1.54, 1.807) is 13.8 Å². The summed E-state index contributed by atoms with van der Waals surface area (Å²) in [7, 11) is -3.63. The van der Waals surface area contributed by atoms with Crippen LogP contribution in [-0.4, -0.2) is 45.9 Å². The first-order chi connectivity index (χ1) is 13.9. The number of hydrogen-bond acceptors (Lipinski definition) is 4. The highest BCUT2D eigenvalue weighted by Gasteiger charge is 2.30. The quantitative estimate of drug-likeness (QED) is 0.530. The van der Waals surface area contributed by atoms with Crippen molar-refractivity contribution >= 4 is 15.8 Å². The zero-order chi connectivity index (χ0) is 22.8. The predicted octanol–water partition coefficient (Wildman–Crippen LogP) is 3.88. The molecule has 2 aromatic rings. The number of ketones is 1. The number of carbonyl (C=O) groups is 1. The lowest BCUT2D eigenvalue weighted by Gasteiger charge is -2.18. The van der Waals surface area contributed by atoms with Crippen LogP contribution in [0.1, 0.15) is 67.2 Å². The second-order valence-electron chi connectivity index (χ2n) is 8.29. The minimum atomic E-state index is -3.63. The Morgan fingerprint density at radius 3 is 2.23 bits per heavy atom. The van der Waals surface area contributed by atoms with Gasteiger partial charge in [-0.05, 0) is 46.1 Å². The number of hydrogen-bond donors (Lipinski definition) is 0. The Labute approximate surface area is 181 Å². The first kappa shape index (κ1) is 24.3. The van der Waals surface area contributed by atoms with Crippen molar-refractivity contribution in [1.29, 1.82) is 0 Å². The number of carbonyl (C=O) groups excluding carboxylic acids is 1. The molecule has 0 aliphatic carbocycles. The van der Waals surface area contributed by atoms with E-state index in [4.69, 9.17) is 0 Å². The van der Waals surface area contributed by atoms with Gasteiger partial charge in [-0.3, -0.25) is 9.48 Å². The van der Waals surface area contributed by atoms with E-state index in [-0.39, 0.29) is 17.2 Å². The van der Waals surface area contributed by atoms with Crippen molar-refractivity contribution < 1.29 is 13.2 Å². The molecule has 0 aliphatic heterocycles. The van der Waals surface area contributed by atoms with Crippen molar-refractivity contribution in [2.75, 3.05) is 13.1 Å². The Kier molecular flexibility index (Phi) is 7.69. The molecule has 0 atom stereocenters. The summed E-state index contributed by atoms with van der Waals surface area (Å²) in [6.07, 6.45) is 1.05. The van der Waals surface area contributed by atoms with E-state index < -0.39 is 10.0 Å². The third-order valence-electron chi connectivity index (χ3n) is 5.72. The summed E-state index contributed by atoms with van der Waals surface area (Å²) in [5, 5.41) is 4.39. The number of aromatic nitrogens is 3. The molecular weight excluding hydrogens is 400 g/mol. The lowest BCUT2D eigenvalue weighted by Crippen LogP contribution is -2.31. The largest absolute Gasteiger partial charge is 0.348 e. The Morgan fingerprint density at radius 1 is 1.10 bits per heavy atom.